The predicted molar refractivity (Wildman–Crippen MR) is 76.8 cm³/mol. The summed E-state index contributed by atoms with van der Waals surface area (Å²) in [6.07, 6.45) is 1.71. The number of piperidine rings is 1. The van der Waals surface area contributed by atoms with Crippen LogP contribution in [0.4, 0.5) is 5.69 Å². The van der Waals surface area contributed by atoms with E-state index in [0.29, 0.717) is 37.7 Å². The molecule has 2 heterocycles. The van der Waals surface area contributed by atoms with Crippen LogP contribution < -0.4 is 10.5 Å². The van der Waals surface area contributed by atoms with Gasteiger partial charge in [-0.2, -0.15) is 0 Å². The number of hydrogen-bond donors (Lipinski definition) is 1. The molecule has 0 atom stereocenters. The molecule has 3 rings (SSSR count). The molecule has 0 radical (unpaired) electrons. The van der Waals surface area contributed by atoms with Crippen molar-refractivity contribution in [2.45, 2.75) is 18.6 Å². The van der Waals surface area contributed by atoms with E-state index in [0.717, 1.165) is 12.8 Å². The minimum Gasteiger partial charge on any atom is -0.482 e. The number of benzene rings is 1. The maximum Gasteiger partial charge on any atom is 0.260 e. The fraction of sp³-hybridized carbons (Fsp3) is 0.533. The number of hydrogen-bond acceptors (Lipinski definition) is 5. The van der Waals surface area contributed by atoms with Crippen molar-refractivity contribution in [3.63, 3.8) is 0 Å². The second kappa shape index (κ2) is 5.91. The van der Waals surface area contributed by atoms with Crippen molar-refractivity contribution in [1.82, 2.24) is 4.90 Å². The third-order valence-electron chi connectivity index (χ3n) is 3.85. The van der Waals surface area contributed by atoms with Crippen molar-refractivity contribution in [3.05, 3.63) is 24.3 Å². The van der Waals surface area contributed by atoms with Crippen LogP contribution in [0.25, 0.3) is 0 Å². The van der Waals surface area contributed by atoms with Gasteiger partial charge in [-0.3, -0.25) is 4.79 Å². The summed E-state index contributed by atoms with van der Waals surface area (Å²) < 4.78 is 16.8. The molecule has 6 nitrogen and oxygen atoms in total. The van der Waals surface area contributed by atoms with Gasteiger partial charge in [0.1, 0.15) is 5.75 Å². The van der Waals surface area contributed by atoms with Crippen LogP contribution >= 0.6 is 0 Å². The van der Waals surface area contributed by atoms with Crippen LogP contribution in [0.5, 0.6) is 5.75 Å². The van der Waals surface area contributed by atoms with Crippen LogP contribution in [0.2, 0.25) is 0 Å². The number of ether oxygens (including phenoxy) is 3. The summed E-state index contributed by atoms with van der Waals surface area (Å²) in [6.45, 7) is 2.35. The highest BCUT2D eigenvalue weighted by Crippen LogP contribution is 2.30. The van der Waals surface area contributed by atoms with Gasteiger partial charge < -0.3 is 24.8 Å². The molecule has 0 aliphatic carbocycles. The summed E-state index contributed by atoms with van der Waals surface area (Å²) in [5.41, 5.74) is 6.32. The Morgan fingerprint density at radius 1 is 1.33 bits per heavy atom. The molecule has 0 aromatic heterocycles. The normalized spacial score (nSPS) is 20.7. The van der Waals surface area contributed by atoms with Crippen LogP contribution in [0.3, 0.4) is 0 Å². The van der Waals surface area contributed by atoms with Gasteiger partial charge in [-0.25, -0.2) is 0 Å². The standard InChI is InChI=1S/C15H20N2O4/c16-12-4-1-2-5-13(12)19-10-14(18)17-7-3-6-15(11-17)20-8-9-21-15/h1-2,4-5H,3,6-11,16H2. The van der Waals surface area contributed by atoms with Crippen LogP contribution in [0.1, 0.15) is 12.8 Å². The molecule has 2 aliphatic heterocycles. The molecular formula is C15H20N2O4. The summed E-state index contributed by atoms with van der Waals surface area (Å²) in [4.78, 5) is 14.0. The fourth-order valence-electron chi connectivity index (χ4n) is 2.78. The van der Waals surface area contributed by atoms with Crippen molar-refractivity contribution in [3.8, 4) is 5.75 Å². The maximum atomic E-state index is 12.3. The molecule has 1 aromatic carbocycles. The van der Waals surface area contributed by atoms with Crippen molar-refractivity contribution in [1.29, 1.82) is 0 Å². The Kier molecular flexibility index (Phi) is 3.98. The topological polar surface area (TPSA) is 74.0 Å². The van der Waals surface area contributed by atoms with E-state index in [-0.39, 0.29) is 12.5 Å². The second-order valence-corrected chi connectivity index (χ2v) is 5.35. The number of likely N-dealkylation sites (tertiary alicyclic amines) is 1. The summed E-state index contributed by atoms with van der Waals surface area (Å²) in [5, 5.41) is 0. The van der Waals surface area contributed by atoms with Crippen LogP contribution in [-0.4, -0.2) is 49.5 Å². The van der Waals surface area contributed by atoms with E-state index in [2.05, 4.69) is 0 Å². The zero-order chi connectivity index (χ0) is 14.7. The molecule has 1 amide bonds. The van der Waals surface area contributed by atoms with Gasteiger partial charge in [0, 0.05) is 13.0 Å². The molecule has 1 aromatic rings. The lowest BCUT2D eigenvalue weighted by Gasteiger charge is -2.38. The number of anilines is 1. The highest BCUT2D eigenvalue weighted by molar-refractivity contribution is 5.78. The lowest BCUT2D eigenvalue weighted by Crippen LogP contribution is -2.52. The van der Waals surface area contributed by atoms with Crippen LogP contribution in [0.15, 0.2) is 24.3 Å². The fourth-order valence-corrected chi connectivity index (χ4v) is 2.78. The van der Waals surface area contributed by atoms with Crippen LogP contribution in [0, 0.1) is 0 Å². The molecule has 0 saturated carbocycles. The van der Waals surface area contributed by atoms with E-state index in [9.17, 15) is 4.79 Å². The molecule has 2 fully saturated rings. The molecular weight excluding hydrogens is 272 g/mol. The Hall–Kier alpha value is -1.79. The molecule has 21 heavy (non-hydrogen) atoms. The first kappa shape index (κ1) is 14.2. The van der Waals surface area contributed by atoms with Gasteiger partial charge in [0.15, 0.2) is 12.4 Å². The number of carbonyl (C=O) groups excluding carboxylic acids is 1. The predicted octanol–water partition coefficient (Wildman–Crippen LogP) is 1.01. The van der Waals surface area contributed by atoms with E-state index in [1.54, 1.807) is 17.0 Å². The van der Waals surface area contributed by atoms with E-state index < -0.39 is 5.79 Å². The zero-order valence-electron chi connectivity index (χ0n) is 11.9. The van der Waals surface area contributed by atoms with Gasteiger partial charge in [-0.15, -0.1) is 0 Å². The molecule has 0 unspecified atom stereocenters. The van der Waals surface area contributed by atoms with Crippen LogP contribution in [-0.2, 0) is 14.3 Å². The van der Waals surface area contributed by atoms with Gasteiger partial charge in [-0.1, -0.05) is 12.1 Å². The molecule has 1 spiro atoms. The summed E-state index contributed by atoms with van der Waals surface area (Å²) in [5.74, 6) is -0.137. The summed E-state index contributed by atoms with van der Waals surface area (Å²) >= 11 is 0. The van der Waals surface area contributed by atoms with E-state index in [4.69, 9.17) is 19.9 Å². The SMILES string of the molecule is Nc1ccccc1OCC(=O)N1CCCC2(C1)OCCO2. The molecule has 114 valence electrons. The Bertz CT molecular complexity index is 514. The average molecular weight is 292 g/mol. The molecule has 2 saturated heterocycles. The second-order valence-electron chi connectivity index (χ2n) is 5.35. The lowest BCUT2D eigenvalue weighted by molar-refractivity contribution is -0.193. The third-order valence-corrected chi connectivity index (χ3v) is 3.85. The summed E-state index contributed by atoms with van der Waals surface area (Å²) in [6, 6.07) is 7.15. The van der Waals surface area contributed by atoms with E-state index >= 15 is 0 Å². The van der Waals surface area contributed by atoms with E-state index in [1.807, 2.05) is 12.1 Å². The van der Waals surface area contributed by atoms with Gasteiger partial charge in [0.2, 0.25) is 0 Å². The Labute approximate surface area is 123 Å². The summed E-state index contributed by atoms with van der Waals surface area (Å²) in [7, 11) is 0. The minimum atomic E-state index is -0.598. The smallest absolute Gasteiger partial charge is 0.260 e. The van der Waals surface area contributed by atoms with Gasteiger partial charge in [-0.05, 0) is 18.6 Å². The highest BCUT2D eigenvalue weighted by Gasteiger charge is 2.42. The van der Waals surface area contributed by atoms with Crippen molar-refractivity contribution in [2.75, 3.05) is 38.6 Å². The van der Waals surface area contributed by atoms with Gasteiger partial charge in [0.25, 0.3) is 5.91 Å². The third kappa shape index (κ3) is 3.11. The number of rotatable bonds is 3. The lowest BCUT2D eigenvalue weighted by atomic mass is 10.0. The molecule has 2 aliphatic rings. The average Bonchev–Trinajstić information content (AvgIpc) is 2.94. The number of amides is 1. The largest absolute Gasteiger partial charge is 0.482 e. The monoisotopic (exact) mass is 292 g/mol. The first-order valence-corrected chi connectivity index (χ1v) is 7.22. The number of carbonyl (C=O) groups is 1. The first-order chi connectivity index (χ1) is 10.2. The number of nitrogens with zero attached hydrogens (tertiary/aromatic N) is 1. The van der Waals surface area contributed by atoms with Crippen molar-refractivity contribution >= 4 is 11.6 Å². The molecule has 6 heteroatoms. The quantitative estimate of drug-likeness (QED) is 0.842. The minimum absolute atomic E-state index is 0.0235. The number of nitrogen functional groups attached to an aromatic ring is 1. The number of para-hydroxylation sites is 2. The Morgan fingerprint density at radius 2 is 2.10 bits per heavy atom. The van der Waals surface area contributed by atoms with Gasteiger partial charge >= 0.3 is 0 Å². The van der Waals surface area contributed by atoms with Crippen molar-refractivity contribution < 1.29 is 19.0 Å². The maximum absolute atomic E-state index is 12.3. The van der Waals surface area contributed by atoms with E-state index in [1.165, 1.54) is 0 Å². The van der Waals surface area contributed by atoms with Gasteiger partial charge in [0.05, 0.1) is 25.4 Å². The number of nitrogens with two attached hydrogens (primary N) is 1. The first-order valence-electron chi connectivity index (χ1n) is 7.22. The Morgan fingerprint density at radius 3 is 2.86 bits per heavy atom. The Balaban J connectivity index is 1.57. The zero-order valence-corrected chi connectivity index (χ0v) is 11.9. The highest BCUT2D eigenvalue weighted by atomic mass is 16.7. The molecule has 0 bridgehead atoms. The molecule has 2 N–H and O–H groups in total. The van der Waals surface area contributed by atoms with Crippen molar-refractivity contribution in [2.24, 2.45) is 0 Å².